The third kappa shape index (κ3) is 2.37. The van der Waals surface area contributed by atoms with Crippen molar-refractivity contribution >= 4 is 21.7 Å². The Balaban J connectivity index is 1.81. The maximum atomic E-state index is 12.7. The van der Waals surface area contributed by atoms with E-state index >= 15 is 0 Å². The van der Waals surface area contributed by atoms with E-state index in [1.165, 1.54) is 0 Å². The Kier molecular flexibility index (Phi) is 3.73. The molecule has 3 unspecified atom stereocenters. The Labute approximate surface area is 120 Å². The minimum atomic E-state index is -0.00644. The lowest BCUT2D eigenvalue weighted by atomic mass is 9.85. The largest absolute Gasteiger partial charge is 0.383 e. The van der Waals surface area contributed by atoms with Crippen LogP contribution in [0.4, 0.5) is 0 Å². The second-order valence-electron chi connectivity index (χ2n) is 5.14. The van der Waals surface area contributed by atoms with E-state index in [-0.39, 0.29) is 23.9 Å². The molecule has 0 N–H and O–H groups in total. The summed E-state index contributed by atoms with van der Waals surface area (Å²) in [5.41, 5.74) is 0.651. The fourth-order valence-electron chi connectivity index (χ4n) is 3.04. The van der Waals surface area contributed by atoms with Gasteiger partial charge in [-0.15, -0.1) is 0 Å². The fourth-order valence-corrected chi connectivity index (χ4v) is 3.54. The summed E-state index contributed by atoms with van der Waals surface area (Å²) in [7, 11) is 1.64. The molecule has 0 aromatic carbocycles. The van der Waals surface area contributed by atoms with E-state index in [0.717, 1.165) is 23.7 Å². The van der Waals surface area contributed by atoms with Crippen molar-refractivity contribution in [2.45, 2.75) is 38.0 Å². The molecule has 5 nitrogen and oxygen atoms in total. The third-order valence-corrected chi connectivity index (χ3v) is 4.56. The standard InChI is InChI=1S/C13H17BrN2O3/c1-18-5-4-16-12(10(14)7-15-16)13(17)9-6-8-2-3-11(9)19-8/h7-9,11H,2-6H2,1H3. The van der Waals surface area contributed by atoms with Gasteiger partial charge in [-0.2, -0.15) is 5.10 Å². The fraction of sp³-hybridized carbons (Fsp3) is 0.692. The molecule has 0 saturated carbocycles. The molecule has 6 heteroatoms. The minimum Gasteiger partial charge on any atom is -0.383 e. The van der Waals surface area contributed by atoms with E-state index in [1.54, 1.807) is 18.0 Å². The van der Waals surface area contributed by atoms with Gasteiger partial charge in [-0.3, -0.25) is 9.48 Å². The molecule has 2 saturated heterocycles. The van der Waals surface area contributed by atoms with E-state index in [0.29, 0.717) is 18.8 Å². The first-order valence-corrected chi connectivity index (χ1v) is 7.40. The number of carbonyl (C=O) groups excluding carboxylic acids is 1. The number of nitrogens with zero attached hydrogens (tertiary/aromatic N) is 2. The van der Waals surface area contributed by atoms with Crippen molar-refractivity contribution in [1.29, 1.82) is 0 Å². The summed E-state index contributed by atoms with van der Waals surface area (Å²) in [6, 6.07) is 0. The molecule has 2 aliphatic rings. The van der Waals surface area contributed by atoms with Crippen LogP contribution in [0.2, 0.25) is 0 Å². The smallest absolute Gasteiger partial charge is 0.187 e. The molecule has 0 aliphatic carbocycles. The maximum Gasteiger partial charge on any atom is 0.187 e. The van der Waals surface area contributed by atoms with Crippen molar-refractivity contribution in [2.75, 3.05) is 13.7 Å². The number of rotatable bonds is 5. The van der Waals surface area contributed by atoms with Gasteiger partial charge in [0, 0.05) is 7.11 Å². The lowest BCUT2D eigenvalue weighted by molar-refractivity contribution is 0.0732. The predicted octanol–water partition coefficient (Wildman–Crippen LogP) is 2.04. The van der Waals surface area contributed by atoms with Crippen LogP contribution in [0.15, 0.2) is 10.7 Å². The highest BCUT2D eigenvalue weighted by Crippen LogP contribution is 2.40. The highest BCUT2D eigenvalue weighted by atomic mass is 79.9. The molecular weight excluding hydrogens is 312 g/mol. The minimum absolute atomic E-state index is 0.00644. The van der Waals surface area contributed by atoms with Gasteiger partial charge in [-0.05, 0) is 35.2 Å². The molecule has 104 valence electrons. The Morgan fingerprint density at radius 3 is 3.11 bits per heavy atom. The summed E-state index contributed by atoms with van der Waals surface area (Å²) in [6.45, 7) is 1.13. The van der Waals surface area contributed by atoms with Crippen LogP contribution in [0.1, 0.15) is 29.8 Å². The van der Waals surface area contributed by atoms with Crippen molar-refractivity contribution in [3.05, 3.63) is 16.4 Å². The van der Waals surface area contributed by atoms with E-state index < -0.39 is 0 Å². The van der Waals surface area contributed by atoms with Crippen LogP contribution in [-0.2, 0) is 16.0 Å². The summed E-state index contributed by atoms with van der Waals surface area (Å²) in [5, 5.41) is 4.24. The summed E-state index contributed by atoms with van der Waals surface area (Å²) in [6.07, 6.45) is 5.02. The molecule has 0 spiro atoms. The van der Waals surface area contributed by atoms with Crippen LogP contribution in [-0.4, -0.2) is 41.5 Å². The number of ketones is 1. The van der Waals surface area contributed by atoms with Gasteiger partial charge in [-0.1, -0.05) is 0 Å². The lowest BCUT2D eigenvalue weighted by Gasteiger charge is -2.18. The Hall–Kier alpha value is -0.720. The van der Waals surface area contributed by atoms with Crippen molar-refractivity contribution in [2.24, 2.45) is 5.92 Å². The summed E-state index contributed by atoms with van der Waals surface area (Å²) in [5.74, 6) is 0.140. The van der Waals surface area contributed by atoms with Crippen LogP contribution in [0.3, 0.4) is 0 Å². The third-order valence-electron chi connectivity index (χ3n) is 3.98. The van der Waals surface area contributed by atoms with Crippen molar-refractivity contribution in [1.82, 2.24) is 9.78 Å². The van der Waals surface area contributed by atoms with Crippen LogP contribution < -0.4 is 0 Å². The van der Waals surface area contributed by atoms with Gasteiger partial charge < -0.3 is 9.47 Å². The molecule has 2 bridgehead atoms. The monoisotopic (exact) mass is 328 g/mol. The Morgan fingerprint density at radius 2 is 2.47 bits per heavy atom. The Morgan fingerprint density at radius 1 is 1.63 bits per heavy atom. The normalized spacial score (nSPS) is 29.1. The Bertz CT molecular complexity index is 488. The topological polar surface area (TPSA) is 53.4 Å². The lowest BCUT2D eigenvalue weighted by Crippen LogP contribution is -2.28. The molecule has 1 aromatic heterocycles. The van der Waals surface area contributed by atoms with Crippen LogP contribution in [0, 0.1) is 5.92 Å². The molecule has 2 aliphatic heterocycles. The number of Topliss-reactive ketones (excluding diaryl/α,β-unsaturated/α-hetero) is 1. The molecular formula is C13H17BrN2O3. The molecule has 3 atom stereocenters. The van der Waals surface area contributed by atoms with E-state index in [9.17, 15) is 4.79 Å². The first-order chi connectivity index (χ1) is 9.20. The average Bonchev–Trinajstić information content (AvgIpc) is 3.10. The number of hydrogen-bond acceptors (Lipinski definition) is 4. The SMILES string of the molecule is COCCn1ncc(Br)c1C(=O)C1CC2CCC1O2. The average molecular weight is 329 g/mol. The molecule has 1 aromatic rings. The first-order valence-electron chi connectivity index (χ1n) is 6.60. The number of halogens is 1. The zero-order chi connectivity index (χ0) is 13.4. The highest BCUT2D eigenvalue weighted by molar-refractivity contribution is 9.10. The molecule has 3 rings (SSSR count). The summed E-state index contributed by atoms with van der Waals surface area (Å²) < 4.78 is 13.3. The first kappa shape index (κ1) is 13.3. The van der Waals surface area contributed by atoms with Gasteiger partial charge in [0.2, 0.25) is 0 Å². The number of methoxy groups -OCH3 is 1. The predicted molar refractivity (Wildman–Crippen MR) is 72.1 cm³/mol. The number of fused-ring (bicyclic) bond motifs is 2. The van der Waals surface area contributed by atoms with E-state index in [2.05, 4.69) is 21.0 Å². The van der Waals surface area contributed by atoms with Gasteiger partial charge in [-0.25, -0.2) is 0 Å². The highest BCUT2D eigenvalue weighted by Gasteiger charge is 2.45. The van der Waals surface area contributed by atoms with Crippen molar-refractivity contribution in [3.63, 3.8) is 0 Å². The van der Waals surface area contributed by atoms with Gasteiger partial charge >= 0.3 is 0 Å². The molecule has 19 heavy (non-hydrogen) atoms. The van der Waals surface area contributed by atoms with E-state index in [1.807, 2.05) is 0 Å². The summed E-state index contributed by atoms with van der Waals surface area (Å²) in [4.78, 5) is 12.7. The molecule has 0 amide bonds. The maximum absolute atomic E-state index is 12.7. The molecule has 0 radical (unpaired) electrons. The second-order valence-corrected chi connectivity index (χ2v) is 5.99. The van der Waals surface area contributed by atoms with Crippen molar-refractivity contribution in [3.8, 4) is 0 Å². The van der Waals surface area contributed by atoms with Crippen molar-refractivity contribution < 1.29 is 14.3 Å². The van der Waals surface area contributed by atoms with Gasteiger partial charge in [0.15, 0.2) is 5.78 Å². The van der Waals surface area contributed by atoms with Crippen LogP contribution >= 0.6 is 15.9 Å². The van der Waals surface area contributed by atoms with E-state index in [4.69, 9.17) is 9.47 Å². The zero-order valence-corrected chi connectivity index (χ0v) is 12.4. The second kappa shape index (κ2) is 5.34. The quantitative estimate of drug-likeness (QED) is 0.776. The number of ether oxygens (including phenoxy) is 2. The summed E-state index contributed by atoms with van der Waals surface area (Å²) >= 11 is 3.42. The van der Waals surface area contributed by atoms with Gasteiger partial charge in [0.1, 0.15) is 5.69 Å². The van der Waals surface area contributed by atoms with Crippen LogP contribution in [0.5, 0.6) is 0 Å². The van der Waals surface area contributed by atoms with Crippen LogP contribution in [0.25, 0.3) is 0 Å². The number of hydrogen-bond donors (Lipinski definition) is 0. The molecule has 2 fully saturated rings. The number of carbonyl (C=O) groups is 1. The van der Waals surface area contributed by atoms with Gasteiger partial charge in [0.05, 0.1) is 41.9 Å². The number of aromatic nitrogens is 2. The zero-order valence-electron chi connectivity index (χ0n) is 10.8. The molecule has 3 heterocycles. The van der Waals surface area contributed by atoms with Gasteiger partial charge in [0.25, 0.3) is 0 Å².